The Balaban J connectivity index is 1.88. The van der Waals surface area contributed by atoms with Gasteiger partial charge in [0.2, 0.25) is 5.69 Å². The van der Waals surface area contributed by atoms with Gasteiger partial charge >= 0.3 is 11.3 Å². The van der Waals surface area contributed by atoms with Crippen molar-refractivity contribution in [3.8, 4) is 5.69 Å². The summed E-state index contributed by atoms with van der Waals surface area (Å²) in [5.41, 5.74) is 9.19. The largest absolute Gasteiger partial charge is 0.439 e. The highest BCUT2D eigenvalue weighted by Crippen LogP contribution is 2.34. The standard InChI is InChI=1S/C19H16N4O3S/c1-9-4-6-12(7-5-9)23-15(19(25)26-22-23)16(24)17-14(20)13-8-10(2)11(3)21-18(13)27-17/h4-8H,1-3H3,(H2-,20,22,24,25)/p+1. The van der Waals surface area contributed by atoms with Crippen molar-refractivity contribution in [1.29, 1.82) is 0 Å². The first-order valence-electron chi connectivity index (χ1n) is 8.28. The second-order valence-corrected chi connectivity index (χ2v) is 7.42. The number of nitrogens with zero attached hydrogens (tertiary/aromatic N) is 2. The van der Waals surface area contributed by atoms with Crippen LogP contribution in [0, 0.1) is 20.8 Å². The van der Waals surface area contributed by atoms with Gasteiger partial charge in [0, 0.05) is 23.2 Å². The van der Waals surface area contributed by atoms with E-state index in [4.69, 9.17) is 10.3 Å². The second-order valence-electron chi connectivity index (χ2n) is 6.42. The van der Waals surface area contributed by atoms with Gasteiger partial charge in [0.1, 0.15) is 9.71 Å². The summed E-state index contributed by atoms with van der Waals surface area (Å²) in [6.45, 7) is 5.79. The lowest BCUT2D eigenvalue weighted by Gasteiger charge is -1.99. The molecule has 8 heteroatoms. The van der Waals surface area contributed by atoms with E-state index in [1.165, 1.54) is 16.0 Å². The Morgan fingerprint density at radius 2 is 1.93 bits per heavy atom. The molecule has 0 aliphatic carbocycles. The topological polar surface area (TPSA) is 106 Å². The van der Waals surface area contributed by atoms with Gasteiger partial charge in [-0.15, -0.1) is 11.3 Å². The minimum absolute atomic E-state index is 0.134. The van der Waals surface area contributed by atoms with Crippen LogP contribution in [0.4, 0.5) is 5.69 Å². The molecule has 136 valence electrons. The molecule has 3 heterocycles. The number of anilines is 1. The molecule has 0 spiro atoms. The van der Waals surface area contributed by atoms with Crippen LogP contribution >= 0.6 is 11.3 Å². The summed E-state index contributed by atoms with van der Waals surface area (Å²) < 4.78 is 6.22. The maximum absolute atomic E-state index is 13.2. The molecular weight excluding hydrogens is 364 g/mol. The maximum atomic E-state index is 13.2. The molecule has 1 aromatic carbocycles. The average molecular weight is 381 g/mol. The average Bonchev–Trinajstić information content (AvgIpc) is 3.17. The Hall–Kier alpha value is -3.26. The van der Waals surface area contributed by atoms with Gasteiger partial charge in [0.05, 0.1) is 5.69 Å². The summed E-state index contributed by atoms with van der Waals surface area (Å²) >= 11 is 1.17. The number of pyridine rings is 1. The number of carbonyl (C=O) groups excluding carboxylic acids is 1. The second kappa shape index (κ2) is 6.17. The molecule has 0 radical (unpaired) electrons. The van der Waals surface area contributed by atoms with Gasteiger partial charge in [-0.3, -0.25) is 9.32 Å². The van der Waals surface area contributed by atoms with Crippen LogP contribution in [0.5, 0.6) is 0 Å². The Morgan fingerprint density at radius 1 is 1.22 bits per heavy atom. The molecule has 0 saturated carbocycles. The highest BCUT2D eigenvalue weighted by atomic mass is 32.1. The molecule has 0 fully saturated rings. The third-order valence-electron chi connectivity index (χ3n) is 4.52. The number of H-pyrrole nitrogens is 1. The molecule has 0 amide bonds. The Labute approximate surface area is 158 Å². The lowest BCUT2D eigenvalue weighted by atomic mass is 10.1. The van der Waals surface area contributed by atoms with E-state index in [1.54, 1.807) is 12.1 Å². The van der Waals surface area contributed by atoms with E-state index in [1.807, 2.05) is 39.0 Å². The molecule has 4 aromatic rings. The van der Waals surface area contributed by atoms with Gasteiger partial charge in [0.25, 0.3) is 5.78 Å². The third kappa shape index (κ3) is 2.74. The molecule has 27 heavy (non-hydrogen) atoms. The molecule has 4 rings (SSSR count). The number of nitrogens with two attached hydrogens (primary N) is 1. The van der Waals surface area contributed by atoms with E-state index >= 15 is 0 Å². The first kappa shape index (κ1) is 17.2. The number of aromatic amines is 1. The molecule has 0 bridgehead atoms. The summed E-state index contributed by atoms with van der Waals surface area (Å²) in [5, 5.41) is 3.20. The van der Waals surface area contributed by atoms with E-state index in [-0.39, 0.29) is 10.6 Å². The fraction of sp³-hybridized carbons (Fsp3) is 0.158. The van der Waals surface area contributed by atoms with Crippen molar-refractivity contribution in [3.05, 3.63) is 68.1 Å². The number of aromatic nitrogens is 3. The van der Waals surface area contributed by atoms with Gasteiger partial charge in [-0.25, -0.2) is 9.78 Å². The van der Waals surface area contributed by atoms with Crippen LogP contribution in [-0.2, 0) is 0 Å². The van der Waals surface area contributed by atoms with E-state index < -0.39 is 11.4 Å². The van der Waals surface area contributed by atoms with Gasteiger partial charge in [0.15, 0.2) is 0 Å². The molecule has 3 N–H and O–H groups in total. The predicted octanol–water partition coefficient (Wildman–Crippen LogP) is 2.59. The zero-order chi connectivity index (χ0) is 19.3. The van der Waals surface area contributed by atoms with Crippen molar-refractivity contribution in [2.75, 3.05) is 5.73 Å². The number of ketones is 1. The van der Waals surface area contributed by atoms with Crippen LogP contribution in [0.3, 0.4) is 0 Å². The van der Waals surface area contributed by atoms with Crippen LogP contribution in [0.25, 0.3) is 15.9 Å². The monoisotopic (exact) mass is 381 g/mol. The Kier molecular flexibility index (Phi) is 3.92. The number of carbonyl (C=O) groups is 1. The number of nitrogen functional groups attached to an aromatic ring is 1. The fourth-order valence-corrected chi connectivity index (χ4v) is 3.91. The number of hydrogen-bond donors (Lipinski definition) is 2. The number of benzene rings is 1. The summed E-state index contributed by atoms with van der Waals surface area (Å²) in [5.74, 6) is -0.499. The number of thiophene rings is 1. The Morgan fingerprint density at radius 3 is 2.63 bits per heavy atom. The first-order chi connectivity index (χ1) is 12.9. The minimum Gasteiger partial charge on any atom is -0.397 e. The lowest BCUT2D eigenvalue weighted by molar-refractivity contribution is -0.672. The van der Waals surface area contributed by atoms with Crippen molar-refractivity contribution < 1.29 is 14.0 Å². The number of nitrogens with one attached hydrogen (secondary N) is 1. The molecule has 0 aliphatic heterocycles. The number of rotatable bonds is 3. The van der Waals surface area contributed by atoms with Gasteiger partial charge in [-0.1, -0.05) is 17.7 Å². The Bertz CT molecular complexity index is 1250. The number of hydrogen-bond acceptors (Lipinski definition) is 6. The van der Waals surface area contributed by atoms with Gasteiger partial charge < -0.3 is 5.73 Å². The van der Waals surface area contributed by atoms with Gasteiger partial charge in [-0.05, 0) is 42.4 Å². The molecule has 7 nitrogen and oxygen atoms in total. The van der Waals surface area contributed by atoms with Crippen LogP contribution in [0.15, 0.2) is 39.6 Å². The molecular formula is C19H17N4O3S+. The molecule has 0 unspecified atom stereocenters. The van der Waals surface area contributed by atoms with Crippen molar-refractivity contribution in [3.63, 3.8) is 0 Å². The van der Waals surface area contributed by atoms with E-state index in [2.05, 4.69) is 10.3 Å². The summed E-state index contributed by atoms with van der Waals surface area (Å²) in [6, 6.07) is 9.25. The molecule has 3 aromatic heterocycles. The summed E-state index contributed by atoms with van der Waals surface area (Å²) in [4.78, 5) is 30.8. The smallest absolute Gasteiger partial charge is 0.397 e. The molecule has 0 atom stereocenters. The van der Waals surface area contributed by atoms with Crippen LogP contribution in [0.1, 0.15) is 32.2 Å². The maximum Gasteiger partial charge on any atom is 0.439 e. The van der Waals surface area contributed by atoms with Gasteiger partial charge in [-0.2, -0.15) is 0 Å². The fourth-order valence-electron chi connectivity index (χ4n) is 2.85. The van der Waals surface area contributed by atoms with Crippen LogP contribution < -0.4 is 16.0 Å². The number of fused-ring (bicyclic) bond motifs is 1. The molecule has 0 aliphatic rings. The summed E-state index contributed by atoms with van der Waals surface area (Å²) in [7, 11) is 0. The SMILES string of the molecule is Cc1ccc(-[n+]2[nH]oc(=O)c2C(=O)c2sc3nc(C)c(C)cc3c2N)cc1. The van der Waals surface area contributed by atoms with Crippen molar-refractivity contribution in [2.24, 2.45) is 0 Å². The van der Waals surface area contributed by atoms with E-state index in [0.29, 0.717) is 21.6 Å². The third-order valence-corrected chi connectivity index (χ3v) is 5.64. The van der Waals surface area contributed by atoms with E-state index in [9.17, 15) is 9.59 Å². The number of aryl methyl sites for hydroxylation is 3. The first-order valence-corrected chi connectivity index (χ1v) is 9.10. The highest BCUT2D eigenvalue weighted by molar-refractivity contribution is 7.21. The zero-order valence-electron chi connectivity index (χ0n) is 15.0. The normalized spacial score (nSPS) is 11.2. The van der Waals surface area contributed by atoms with Crippen molar-refractivity contribution in [1.82, 2.24) is 10.3 Å². The minimum atomic E-state index is -0.752. The zero-order valence-corrected chi connectivity index (χ0v) is 15.8. The van der Waals surface area contributed by atoms with Crippen molar-refractivity contribution in [2.45, 2.75) is 20.8 Å². The quantitative estimate of drug-likeness (QED) is 0.419. The van der Waals surface area contributed by atoms with Crippen LogP contribution in [0.2, 0.25) is 0 Å². The van der Waals surface area contributed by atoms with Crippen molar-refractivity contribution >= 4 is 33.0 Å². The lowest BCUT2D eigenvalue weighted by Crippen LogP contribution is -2.41. The highest BCUT2D eigenvalue weighted by Gasteiger charge is 2.34. The predicted molar refractivity (Wildman–Crippen MR) is 103 cm³/mol. The van der Waals surface area contributed by atoms with E-state index in [0.717, 1.165) is 16.8 Å². The molecule has 0 saturated heterocycles. The van der Waals surface area contributed by atoms with Crippen LogP contribution in [-0.4, -0.2) is 16.0 Å². The summed E-state index contributed by atoms with van der Waals surface area (Å²) in [6.07, 6.45) is 0.